The fourth-order valence-corrected chi connectivity index (χ4v) is 2.87. The normalized spacial score (nSPS) is 23.5. The van der Waals surface area contributed by atoms with Gasteiger partial charge in [-0.05, 0) is 43.5 Å². The minimum absolute atomic E-state index is 0.215. The molecule has 19 heavy (non-hydrogen) atoms. The van der Waals surface area contributed by atoms with Gasteiger partial charge in [0.2, 0.25) is 0 Å². The van der Waals surface area contributed by atoms with Gasteiger partial charge in [-0.3, -0.25) is 9.69 Å². The Bertz CT molecular complexity index is 450. The lowest BCUT2D eigenvalue weighted by atomic mass is 10.1. The van der Waals surface area contributed by atoms with Gasteiger partial charge < -0.3 is 5.32 Å². The SMILES string of the molecule is CCC(=O)c1ccc(NC2CCN(C3CC3)C2)cc1. The summed E-state index contributed by atoms with van der Waals surface area (Å²) in [5.41, 5.74) is 1.95. The number of ketones is 1. The lowest BCUT2D eigenvalue weighted by Crippen LogP contribution is -2.27. The van der Waals surface area contributed by atoms with E-state index < -0.39 is 0 Å². The maximum Gasteiger partial charge on any atom is 0.162 e. The molecule has 1 aromatic carbocycles. The Morgan fingerprint density at radius 3 is 2.63 bits per heavy atom. The molecule has 1 atom stereocenters. The summed E-state index contributed by atoms with van der Waals surface area (Å²) in [6, 6.07) is 9.36. The maximum atomic E-state index is 11.6. The topological polar surface area (TPSA) is 32.3 Å². The van der Waals surface area contributed by atoms with E-state index in [0.29, 0.717) is 12.5 Å². The summed E-state index contributed by atoms with van der Waals surface area (Å²) in [5.74, 6) is 0.215. The van der Waals surface area contributed by atoms with Crippen LogP contribution in [-0.4, -0.2) is 35.9 Å². The van der Waals surface area contributed by atoms with Gasteiger partial charge >= 0.3 is 0 Å². The van der Waals surface area contributed by atoms with Crippen LogP contribution in [0.15, 0.2) is 24.3 Å². The van der Waals surface area contributed by atoms with Crippen LogP contribution in [0.4, 0.5) is 5.69 Å². The Kier molecular flexibility index (Phi) is 3.56. The van der Waals surface area contributed by atoms with Crippen molar-refractivity contribution in [1.82, 2.24) is 4.90 Å². The predicted octanol–water partition coefficient (Wildman–Crippen LogP) is 2.93. The van der Waals surface area contributed by atoms with Gasteiger partial charge in [0.25, 0.3) is 0 Å². The molecule has 1 heterocycles. The van der Waals surface area contributed by atoms with Crippen molar-refractivity contribution in [3.8, 4) is 0 Å². The minimum atomic E-state index is 0.215. The van der Waals surface area contributed by atoms with Gasteiger partial charge in [0.05, 0.1) is 0 Å². The summed E-state index contributed by atoms with van der Waals surface area (Å²) in [4.78, 5) is 14.2. The van der Waals surface area contributed by atoms with E-state index in [1.54, 1.807) is 0 Å². The fourth-order valence-electron chi connectivity index (χ4n) is 2.87. The van der Waals surface area contributed by atoms with Crippen molar-refractivity contribution in [3.05, 3.63) is 29.8 Å². The molecule has 1 saturated carbocycles. The lowest BCUT2D eigenvalue weighted by molar-refractivity contribution is 0.0988. The predicted molar refractivity (Wildman–Crippen MR) is 77.7 cm³/mol. The largest absolute Gasteiger partial charge is 0.381 e. The number of Topliss-reactive ketones (excluding diaryl/α,β-unsaturated/α-hetero) is 1. The van der Waals surface area contributed by atoms with Gasteiger partial charge in [-0.2, -0.15) is 0 Å². The third-order valence-electron chi connectivity index (χ3n) is 4.18. The molecular weight excluding hydrogens is 236 g/mol. The highest BCUT2D eigenvalue weighted by Crippen LogP contribution is 2.30. The molecule has 1 unspecified atom stereocenters. The van der Waals surface area contributed by atoms with Crippen LogP contribution in [0.2, 0.25) is 0 Å². The average molecular weight is 258 g/mol. The summed E-state index contributed by atoms with van der Waals surface area (Å²) in [5, 5.41) is 3.58. The molecule has 3 rings (SSSR count). The molecule has 0 aromatic heterocycles. The molecule has 0 radical (unpaired) electrons. The molecule has 0 spiro atoms. The number of anilines is 1. The maximum absolute atomic E-state index is 11.6. The standard InChI is InChI=1S/C16H22N2O/c1-2-16(19)12-3-5-13(6-4-12)17-14-9-10-18(11-14)15-7-8-15/h3-6,14-15,17H,2,7-11H2,1H3. The van der Waals surface area contributed by atoms with E-state index in [4.69, 9.17) is 0 Å². The summed E-state index contributed by atoms with van der Waals surface area (Å²) in [6.07, 6.45) is 4.58. The van der Waals surface area contributed by atoms with Crippen molar-refractivity contribution >= 4 is 11.5 Å². The Morgan fingerprint density at radius 1 is 1.26 bits per heavy atom. The highest BCUT2D eigenvalue weighted by Gasteiger charge is 2.34. The smallest absolute Gasteiger partial charge is 0.162 e. The zero-order chi connectivity index (χ0) is 13.2. The van der Waals surface area contributed by atoms with Crippen LogP contribution in [0.3, 0.4) is 0 Å². The number of likely N-dealkylation sites (tertiary alicyclic amines) is 1. The fraction of sp³-hybridized carbons (Fsp3) is 0.562. The van der Waals surface area contributed by atoms with Gasteiger partial charge in [0, 0.05) is 42.8 Å². The second-order valence-corrected chi connectivity index (χ2v) is 5.71. The van der Waals surface area contributed by atoms with Crippen LogP contribution in [-0.2, 0) is 0 Å². The number of hydrogen-bond donors (Lipinski definition) is 1. The van der Waals surface area contributed by atoms with Crippen molar-refractivity contribution in [2.45, 2.75) is 44.7 Å². The highest BCUT2D eigenvalue weighted by molar-refractivity contribution is 5.96. The molecule has 3 nitrogen and oxygen atoms in total. The molecule has 1 saturated heterocycles. The number of carbonyl (C=O) groups is 1. The third kappa shape index (κ3) is 2.98. The van der Waals surface area contributed by atoms with Crippen molar-refractivity contribution in [1.29, 1.82) is 0 Å². The van der Waals surface area contributed by atoms with E-state index in [-0.39, 0.29) is 5.78 Å². The van der Waals surface area contributed by atoms with Gasteiger partial charge in [0.1, 0.15) is 0 Å². The van der Waals surface area contributed by atoms with Gasteiger partial charge in [-0.25, -0.2) is 0 Å². The first-order chi connectivity index (χ1) is 9.26. The third-order valence-corrected chi connectivity index (χ3v) is 4.18. The molecule has 102 valence electrons. The van der Waals surface area contributed by atoms with Crippen molar-refractivity contribution in [2.24, 2.45) is 0 Å². The van der Waals surface area contributed by atoms with Crippen molar-refractivity contribution in [3.63, 3.8) is 0 Å². The minimum Gasteiger partial charge on any atom is -0.381 e. The highest BCUT2D eigenvalue weighted by atomic mass is 16.1. The van der Waals surface area contributed by atoms with Crippen LogP contribution < -0.4 is 5.32 Å². The number of benzene rings is 1. The molecule has 2 aliphatic rings. The zero-order valence-electron chi connectivity index (χ0n) is 11.6. The Labute approximate surface area is 115 Å². The average Bonchev–Trinajstić information content (AvgIpc) is 3.20. The van der Waals surface area contributed by atoms with Crippen LogP contribution in [0, 0.1) is 0 Å². The van der Waals surface area contributed by atoms with Crippen LogP contribution in [0.5, 0.6) is 0 Å². The zero-order valence-corrected chi connectivity index (χ0v) is 11.6. The Morgan fingerprint density at radius 2 is 2.00 bits per heavy atom. The van der Waals surface area contributed by atoms with Gasteiger partial charge in [-0.15, -0.1) is 0 Å². The number of nitrogens with one attached hydrogen (secondary N) is 1. The lowest BCUT2D eigenvalue weighted by Gasteiger charge is -2.16. The van der Waals surface area contributed by atoms with E-state index in [0.717, 1.165) is 17.3 Å². The molecule has 1 aliphatic heterocycles. The summed E-state index contributed by atoms with van der Waals surface area (Å²) in [6.45, 7) is 4.30. The molecule has 1 N–H and O–H groups in total. The van der Waals surface area contributed by atoms with Crippen LogP contribution >= 0.6 is 0 Å². The van der Waals surface area contributed by atoms with E-state index in [1.807, 2.05) is 31.2 Å². The van der Waals surface area contributed by atoms with Crippen LogP contribution in [0.25, 0.3) is 0 Å². The van der Waals surface area contributed by atoms with E-state index >= 15 is 0 Å². The Hall–Kier alpha value is -1.35. The first kappa shape index (κ1) is 12.7. The first-order valence-electron chi connectivity index (χ1n) is 7.40. The van der Waals surface area contributed by atoms with Gasteiger partial charge in [-0.1, -0.05) is 6.92 Å². The number of rotatable bonds is 5. The Balaban J connectivity index is 1.56. The quantitative estimate of drug-likeness (QED) is 0.824. The number of carbonyl (C=O) groups excluding carboxylic acids is 1. The summed E-state index contributed by atoms with van der Waals surface area (Å²) >= 11 is 0. The van der Waals surface area contributed by atoms with Gasteiger partial charge in [0.15, 0.2) is 5.78 Å². The molecular formula is C16H22N2O. The van der Waals surface area contributed by atoms with E-state index in [2.05, 4.69) is 10.2 Å². The van der Waals surface area contributed by atoms with Crippen molar-refractivity contribution in [2.75, 3.05) is 18.4 Å². The van der Waals surface area contributed by atoms with Crippen molar-refractivity contribution < 1.29 is 4.79 Å². The molecule has 0 bridgehead atoms. The number of hydrogen-bond acceptors (Lipinski definition) is 3. The monoisotopic (exact) mass is 258 g/mol. The molecule has 1 aromatic rings. The number of nitrogens with zero attached hydrogens (tertiary/aromatic N) is 1. The van der Waals surface area contributed by atoms with E-state index in [1.165, 1.54) is 32.4 Å². The molecule has 3 heteroatoms. The first-order valence-corrected chi connectivity index (χ1v) is 7.40. The van der Waals surface area contributed by atoms with Crippen LogP contribution in [0.1, 0.15) is 43.0 Å². The second-order valence-electron chi connectivity index (χ2n) is 5.71. The molecule has 2 fully saturated rings. The second kappa shape index (κ2) is 5.33. The van der Waals surface area contributed by atoms with E-state index in [9.17, 15) is 4.79 Å². The molecule has 1 aliphatic carbocycles. The molecule has 0 amide bonds. The summed E-state index contributed by atoms with van der Waals surface area (Å²) in [7, 11) is 0. The summed E-state index contributed by atoms with van der Waals surface area (Å²) < 4.78 is 0.